The van der Waals surface area contributed by atoms with Crippen molar-refractivity contribution in [2.24, 2.45) is 5.92 Å². The minimum atomic E-state index is -3.77. The zero-order chi connectivity index (χ0) is 27.3. The highest BCUT2D eigenvalue weighted by molar-refractivity contribution is 7.52. The van der Waals surface area contributed by atoms with Gasteiger partial charge >= 0.3 is 7.60 Å². The lowest BCUT2D eigenvalue weighted by Gasteiger charge is -2.25. The van der Waals surface area contributed by atoms with Crippen LogP contribution in [0, 0.1) is 5.92 Å². The summed E-state index contributed by atoms with van der Waals surface area (Å²) in [6, 6.07) is 0. The van der Waals surface area contributed by atoms with Gasteiger partial charge in [0.05, 0.1) is 33.9 Å². The van der Waals surface area contributed by atoms with E-state index in [4.69, 9.17) is 9.26 Å². The third-order valence-corrected chi connectivity index (χ3v) is 8.07. The van der Waals surface area contributed by atoms with Crippen molar-refractivity contribution in [2.75, 3.05) is 67.8 Å². The molecule has 36 heavy (non-hydrogen) atoms. The van der Waals surface area contributed by atoms with E-state index < -0.39 is 7.60 Å². The number of carbonyl (C=O) groups is 1. The van der Waals surface area contributed by atoms with Crippen molar-refractivity contribution in [1.82, 2.24) is 4.90 Å². The summed E-state index contributed by atoms with van der Waals surface area (Å²) in [5, 5.41) is 0. The van der Waals surface area contributed by atoms with E-state index >= 15 is 0 Å². The van der Waals surface area contributed by atoms with Gasteiger partial charge in [0.25, 0.3) is 0 Å². The minimum absolute atomic E-state index is 0.0531. The molecule has 1 N–H and O–H groups in total. The standard InChI is InChI=1S/C28H59N2O5P/c1-7-8-9-10-11-12-13-14-15-16-17-18-19-20-22-34-25-27(24-28(31)29(2)3)26-36(32,33)35-23-21-30(4,5)6/h27H,7-26H2,1-6H3/p+1/t27-/m0/s1/i4-1. The summed E-state index contributed by atoms with van der Waals surface area (Å²) < 4.78 is 24.4. The first-order chi connectivity index (χ1) is 17.0. The van der Waals surface area contributed by atoms with Gasteiger partial charge in [0.2, 0.25) is 5.91 Å². The summed E-state index contributed by atoms with van der Waals surface area (Å²) >= 11 is 0. The van der Waals surface area contributed by atoms with Crippen LogP contribution in [0.3, 0.4) is 0 Å². The van der Waals surface area contributed by atoms with Gasteiger partial charge in [-0.1, -0.05) is 90.4 Å². The maximum Gasteiger partial charge on any atom is 0.328 e. The van der Waals surface area contributed by atoms with E-state index in [1.54, 1.807) is 14.1 Å². The first kappa shape index (κ1) is 35.5. The summed E-state index contributed by atoms with van der Waals surface area (Å²) in [7, 11) is 5.65. The highest BCUT2D eigenvalue weighted by Crippen LogP contribution is 2.44. The second-order valence-electron chi connectivity index (χ2n) is 11.7. The van der Waals surface area contributed by atoms with Crippen molar-refractivity contribution in [2.45, 2.75) is 103 Å². The van der Waals surface area contributed by atoms with Crippen molar-refractivity contribution in [1.29, 1.82) is 0 Å². The van der Waals surface area contributed by atoms with Crippen molar-refractivity contribution in [3.63, 3.8) is 0 Å². The summed E-state index contributed by atoms with van der Waals surface area (Å²) in [5.41, 5.74) is 0. The molecule has 1 unspecified atom stereocenters. The molecule has 0 radical (unpaired) electrons. The van der Waals surface area contributed by atoms with Gasteiger partial charge in [-0.2, -0.15) is 0 Å². The minimum Gasteiger partial charge on any atom is -0.381 e. The monoisotopic (exact) mass is 534 g/mol. The van der Waals surface area contributed by atoms with Gasteiger partial charge in [-0.05, 0) is 6.42 Å². The second-order valence-corrected chi connectivity index (χ2v) is 13.6. The van der Waals surface area contributed by atoms with E-state index in [1.165, 1.54) is 81.9 Å². The van der Waals surface area contributed by atoms with E-state index in [9.17, 15) is 14.3 Å². The van der Waals surface area contributed by atoms with E-state index in [0.717, 1.165) is 12.8 Å². The smallest absolute Gasteiger partial charge is 0.328 e. The summed E-state index contributed by atoms with van der Waals surface area (Å²) in [6.07, 6.45) is 18.6. The van der Waals surface area contributed by atoms with Gasteiger partial charge in [0.15, 0.2) is 0 Å². The Morgan fingerprint density at radius 2 is 1.31 bits per heavy atom. The number of hydrogen-bond donors (Lipinski definition) is 1. The number of carbonyl (C=O) groups excluding carboxylic acids is 1. The molecule has 0 bridgehead atoms. The Bertz CT molecular complexity index is 581. The van der Waals surface area contributed by atoms with Crippen LogP contribution in [-0.4, -0.2) is 87.9 Å². The Hall–Kier alpha value is -0.460. The van der Waals surface area contributed by atoms with Gasteiger partial charge in [-0.3, -0.25) is 9.36 Å². The van der Waals surface area contributed by atoms with E-state index in [0.29, 0.717) is 24.2 Å². The predicted octanol–water partition coefficient (Wildman–Crippen LogP) is 6.49. The quantitative estimate of drug-likeness (QED) is 0.0823. The lowest BCUT2D eigenvalue weighted by atomic mass is 10.0. The Balaban J connectivity index is 4.00. The molecule has 8 heteroatoms. The number of amides is 1. The third-order valence-electron chi connectivity index (χ3n) is 6.50. The molecule has 216 valence electrons. The number of rotatable bonds is 25. The molecular weight excluding hydrogens is 474 g/mol. The maximum atomic E-state index is 12.6. The molecule has 0 saturated heterocycles. The maximum absolute atomic E-state index is 12.6. The lowest BCUT2D eigenvalue weighted by Crippen LogP contribution is -2.37. The molecule has 0 aromatic rings. The van der Waals surface area contributed by atoms with Crippen LogP contribution in [0.4, 0.5) is 0 Å². The van der Waals surface area contributed by atoms with Crippen molar-refractivity contribution >= 4 is 13.5 Å². The summed E-state index contributed by atoms with van der Waals surface area (Å²) in [4.78, 5) is 24.0. The molecule has 0 rings (SSSR count). The zero-order valence-corrected chi connectivity index (χ0v) is 25.5. The molecular formula is C28H60N2O5P+. The highest BCUT2D eigenvalue weighted by Gasteiger charge is 2.28. The van der Waals surface area contributed by atoms with Crippen LogP contribution in [-0.2, 0) is 18.6 Å². The molecule has 0 aromatic carbocycles. The van der Waals surface area contributed by atoms with E-state index in [1.807, 2.05) is 21.1 Å². The average Bonchev–Trinajstić information content (AvgIpc) is 2.77. The first-order valence-electron chi connectivity index (χ1n) is 14.5. The van der Waals surface area contributed by atoms with Crippen LogP contribution < -0.4 is 0 Å². The Labute approximate surface area is 223 Å². The Morgan fingerprint density at radius 3 is 1.75 bits per heavy atom. The number of quaternary nitrogens is 1. The molecule has 0 heterocycles. The Morgan fingerprint density at radius 1 is 0.833 bits per heavy atom. The van der Waals surface area contributed by atoms with Gasteiger partial charge in [-0.25, -0.2) is 0 Å². The average molecular weight is 535 g/mol. The molecule has 7 nitrogen and oxygen atoms in total. The third kappa shape index (κ3) is 23.9. The largest absolute Gasteiger partial charge is 0.381 e. The molecule has 2 atom stereocenters. The van der Waals surface area contributed by atoms with Gasteiger partial charge in [0, 0.05) is 33.0 Å². The first-order valence-corrected chi connectivity index (χ1v) is 16.3. The van der Waals surface area contributed by atoms with Crippen molar-refractivity contribution in [3.05, 3.63) is 0 Å². The number of nitrogens with zero attached hydrogens (tertiary/aromatic N) is 2. The van der Waals surface area contributed by atoms with Crippen LogP contribution >= 0.6 is 7.60 Å². The summed E-state index contributed by atoms with van der Waals surface area (Å²) in [6.45, 7) is 4.06. The van der Waals surface area contributed by atoms with Crippen LogP contribution in [0.25, 0.3) is 0 Å². The van der Waals surface area contributed by atoms with Crippen LogP contribution in [0.1, 0.15) is 103 Å². The SMILES string of the molecule is CCCCCCCCCCCCCCCCOC[C@H](CC(=O)N(C)C)CP(=O)(O)OCC[N+](C)(C)[11CH3]. The van der Waals surface area contributed by atoms with Gasteiger partial charge in [-0.15, -0.1) is 0 Å². The van der Waals surface area contributed by atoms with Crippen LogP contribution in [0.5, 0.6) is 0 Å². The topological polar surface area (TPSA) is 76.1 Å². The van der Waals surface area contributed by atoms with Crippen molar-refractivity contribution in [3.8, 4) is 0 Å². The summed E-state index contributed by atoms with van der Waals surface area (Å²) in [5.74, 6) is -0.391. The van der Waals surface area contributed by atoms with Gasteiger partial charge < -0.3 is 23.5 Å². The Kier molecular flexibility index (Phi) is 21.2. The number of ether oxygens (including phenoxy) is 1. The van der Waals surface area contributed by atoms with Gasteiger partial charge in [0.1, 0.15) is 13.2 Å². The molecule has 0 spiro atoms. The number of hydrogen-bond acceptors (Lipinski definition) is 4. The molecule has 1 amide bonds. The van der Waals surface area contributed by atoms with E-state index in [2.05, 4.69) is 6.92 Å². The molecule has 0 aliphatic carbocycles. The van der Waals surface area contributed by atoms with Crippen LogP contribution in [0.15, 0.2) is 0 Å². The number of likely N-dealkylation sites (N-methyl/N-ethyl adjacent to an activating group) is 1. The molecule has 0 saturated carbocycles. The molecule has 0 aliphatic rings. The fourth-order valence-electron chi connectivity index (χ4n) is 4.09. The fraction of sp³-hybridized carbons (Fsp3) is 0.964. The fourth-order valence-corrected chi connectivity index (χ4v) is 5.45. The van der Waals surface area contributed by atoms with Crippen molar-refractivity contribution < 1.29 is 28.0 Å². The molecule has 0 aliphatic heterocycles. The lowest BCUT2D eigenvalue weighted by molar-refractivity contribution is -0.870. The second kappa shape index (κ2) is 21.5. The molecule has 0 aromatic heterocycles. The van der Waals surface area contributed by atoms with E-state index in [-0.39, 0.29) is 31.0 Å². The predicted molar refractivity (Wildman–Crippen MR) is 151 cm³/mol. The normalized spacial score (nSPS) is 14.5. The van der Waals surface area contributed by atoms with Crippen LogP contribution in [0.2, 0.25) is 0 Å². The number of unbranched alkanes of at least 4 members (excludes halogenated alkanes) is 13. The highest BCUT2D eigenvalue weighted by atomic mass is 31.2. The molecule has 0 fully saturated rings. The zero-order valence-electron chi connectivity index (χ0n) is 24.6.